The number of halogens is 1. The Kier molecular flexibility index (Phi) is 6.75. The number of carbonyl (C=O) groups excluding carboxylic acids is 1. The van der Waals surface area contributed by atoms with Crippen molar-refractivity contribution in [3.8, 4) is 0 Å². The number of ether oxygens (including phenoxy) is 2. The fourth-order valence-corrected chi connectivity index (χ4v) is 4.43. The zero-order chi connectivity index (χ0) is 18.5. The van der Waals surface area contributed by atoms with Crippen LogP contribution in [-0.2, 0) is 27.1 Å². The lowest BCUT2D eigenvalue weighted by Crippen LogP contribution is -2.35. The first-order chi connectivity index (χ1) is 12.6. The van der Waals surface area contributed by atoms with Crippen molar-refractivity contribution in [2.24, 2.45) is 0 Å². The van der Waals surface area contributed by atoms with E-state index in [-0.39, 0.29) is 5.91 Å². The molecule has 1 aromatic heterocycles. The molecule has 0 bridgehead atoms. The standard InChI is InChI=1S/C19H23ClN2O3S/c1-24-18(25-2)10-21-17(23)11-26-19-13-5-3-4-6-15(13)22-16-8-7-12(20)9-14(16)19/h7-9,18H,3-6,10-11H2,1-2H3,(H,21,23). The van der Waals surface area contributed by atoms with Crippen molar-refractivity contribution in [3.05, 3.63) is 34.5 Å². The van der Waals surface area contributed by atoms with Crippen LogP contribution in [0.4, 0.5) is 0 Å². The van der Waals surface area contributed by atoms with E-state index in [1.54, 1.807) is 26.0 Å². The lowest BCUT2D eigenvalue weighted by molar-refractivity contribution is -0.125. The van der Waals surface area contributed by atoms with Crippen LogP contribution in [0.25, 0.3) is 10.9 Å². The molecule has 0 saturated carbocycles. The van der Waals surface area contributed by atoms with Gasteiger partial charge in [-0.25, -0.2) is 0 Å². The maximum Gasteiger partial charge on any atom is 0.230 e. The van der Waals surface area contributed by atoms with Gasteiger partial charge in [0.05, 0.1) is 17.8 Å². The van der Waals surface area contributed by atoms with Gasteiger partial charge in [-0.3, -0.25) is 9.78 Å². The number of methoxy groups -OCH3 is 2. The van der Waals surface area contributed by atoms with Gasteiger partial charge >= 0.3 is 0 Å². The minimum absolute atomic E-state index is 0.0503. The Morgan fingerprint density at radius 1 is 1.31 bits per heavy atom. The quantitative estimate of drug-likeness (QED) is 0.574. The number of nitrogens with zero attached hydrogens (tertiary/aromatic N) is 1. The summed E-state index contributed by atoms with van der Waals surface area (Å²) >= 11 is 7.76. The highest BCUT2D eigenvalue weighted by molar-refractivity contribution is 8.00. The smallest absolute Gasteiger partial charge is 0.230 e. The normalized spacial score (nSPS) is 13.8. The molecule has 0 unspecified atom stereocenters. The largest absolute Gasteiger partial charge is 0.354 e. The van der Waals surface area contributed by atoms with E-state index in [1.165, 1.54) is 12.0 Å². The van der Waals surface area contributed by atoms with Gasteiger partial charge in [0.25, 0.3) is 0 Å². The van der Waals surface area contributed by atoms with E-state index in [9.17, 15) is 4.79 Å². The molecule has 0 spiro atoms. The number of hydrogen-bond donors (Lipinski definition) is 1. The van der Waals surface area contributed by atoms with Crippen LogP contribution in [0, 0.1) is 0 Å². The molecule has 26 heavy (non-hydrogen) atoms. The number of benzene rings is 1. The predicted octanol–water partition coefficient (Wildman–Crippen LogP) is 3.59. The summed E-state index contributed by atoms with van der Waals surface area (Å²) in [5.41, 5.74) is 3.38. The maximum absolute atomic E-state index is 12.2. The van der Waals surface area contributed by atoms with Crippen LogP contribution in [-0.4, -0.2) is 43.7 Å². The van der Waals surface area contributed by atoms with Gasteiger partial charge < -0.3 is 14.8 Å². The molecular weight excluding hydrogens is 372 g/mol. The number of fused-ring (bicyclic) bond motifs is 2. The summed E-state index contributed by atoms with van der Waals surface area (Å²) in [6.07, 6.45) is 3.89. The fourth-order valence-electron chi connectivity index (χ4n) is 3.17. The van der Waals surface area contributed by atoms with Crippen LogP contribution in [0.1, 0.15) is 24.1 Å². The van der Waals surface area contributed by atoms with E-state index in [4.69, 9.17) is 26.1 Å². The number of aryl methyl sites for hydroxylation is 1. The average molecular weight is 395 g/mol. The minimum Gasteiger partial charge on any atom is -0.354 e. The SMILES string of the molecule is COC(CNC(=O)CSc1c2c(nc3ccc(Cl)cc13)CCCC2)OC. The molecule has 0 aliphatic heterocycles. The van der Waals surface area contributed by atoms with E-state index in [0.717, 1.165) is 40.8 Å². The van der Waals surface area contributed by atoms with E-state index < -0.39 is 6.29 Å². The van der Waals surface area contributed by atoms with Gasteiger partial charge in [0.15, 0.2) is 6.29 Å². The molecule has 2 aromatic rings. The van der Waals surface area contributed by atoms with Crippen LogP contribution in [0.3, 0.4) is 0 Å². The summed E-state index contributed by atoms with van der Waals surface area (Å²) < 4.78 is 10.2. The van der Waals surface area contributed by atoms with Crippen LogP contribution in [0.5, 0.6) is 0 Å². The van der Waals surface area contributed by atoms with Gasteiger partial charge in [-0.15, -0.1) is 11.8 Å². The van der Waals surface area contributed by atoms with E-state index in [2.05, 4.69) is 5.32 Å². The maximum atomic E-state index is 12.2. The number of aromatic nitrogens is 1. The zero-order valence-electron chi connectivity index (χ0n) is 15.0. The number of rotatable bonds is 7. The third kappa shape index (κ3) is 4.49. The summed E-state index contributed by atoms with van der Waals surface area (Å²) in [6.45, 7) is 0.327. The molecule has 0 atom stereocenters. The summed E-state index contributed by atoms with van der Waals surface area (Å²) in [6, 6.07) is 5.77. The first-order valence-corrected chi connectivity index (χ1v) is 10.0. The average Bonchev–Trinajstić information content (AvgIpc) is 2.66. The number of pyridine rings is 1. The van der Waals surface area contributed by atoms with Gasteiger partial charge in [0.1, 0.15) is 0 Å². The highest BCUT2D eigenvalue weighted by Gasteiger charge is 2.19. The fraction of sp³-hybridized carbons (Fsp3) is 0.474. The van der Waals surface area contributed by atoms with Crippen molar-refractivity contribution in [1.29, 1.82) is 0 Å². The van der Waals surface area contributed by atoms with Gasteiger partial charge in [-0.05, 0) is 49.4 Å². The van der Waals surface area contributed by atoms with Crippen molar-refractivity contribution >= 4 is 40.2 Å². The first-order valence-electron chi connectivity index (χ1n) is 8.68. The Bertz CT molecular complexity index is 796. The Morgan fingerprint density at radius 2 is 2.08 bits per heavy atom. The Morgan fingerprint density at radius 3 is 2.85 bits per heavy atom. The van der Waals surface area contributed by atoms with Crippen LogP contribution < -0.4 is 5.32 Å². The highest BCUT2D eigenvalue weighted by Crippen LogP contribution is 2.36. The van der Waals surface area contributed by atoms with Crippen LogP contribution >= 0.6 is 23.4 Å². The molecule has 7 heteroatoms. The molecule has 1 aliphatic rings. The minimum atomic E-state index is -0.433. The molecule has 5 nitrogen and oxygen atoms in total. The second-order valence-electron chi connectivity index (χ2n) is 6.23. The van der Waals surface area contributed by atoms with Crippen LogP contribution in [0.15, 0.2) is 23.1 Å². The molecule has 0 fully saturated rings. The monoisotopic (exact) mass is 394 g/mol. The second kappa shape index (κ2) is 9.04. The van der Waals surface area contributed by atoms with Gasteiger partial charge in [0, 0.05) is 35.2 Å². The molecule has 140 valence electrons. The molecule has 0 saturated heterocycles. The summed E-state index contributed by atoms with van der Waals surface area (Å²) in [4.78, 5) is 18.2. The number of amides is 1. The third-order valence-electron chi connectivity index (χ3n) is 4.51. The van der Waals surface area contributed by atoms with E-state index >= 15 is 0 Å². The highest BCUT2D eigenvalue weighted by atomic mass is 35.5. The molecule has 3 rings (SSSR count). The van der Waals surface area contributed by atoms with Crippen LogP contribution in [0.2, 0.25) is 5.02 Å². The molecule has 1 N–H and O–H groups in total. The third-order valence-corrected chi connectivity index (χ3v) is 5.91. The van der Waals surface area contributed by atoms with Crippen molar-refractivity contribution < 1.29 is 14.3 Å². The molecular formula is C19H23ClN2O3S. The Labute approximate surface area is 162 Å². The van der Waals surface area contributed by atoms with Crippen molar-refractivity contribution in [1.82, 2.24) is 10.3 Å². The van der Waals surface area contributed by atoms with E-state index in [1.807, 2.05) is 18.2 Å². The summed E-state index contributed by atoms with van der Waals surface area (Å²) in [5.74, 6) is 0.281. The molecule has 1 amide bonds. The number of nitrogens with one attached hydrogen (secondary N) is 1. The van der Waals surface area contributed by atoms with E-state index in [0.29, 0.717) is 17.3 Å². The topological polar surface area (TPSA) is 60.5 Å². The lowest BCUT2D eigenvalue weighted by atomic mass is 9.94. The molecule has 1 aliphatic carbocycles. The Balaban J connectivity index is 1.80. The summed E-state index contributed by atoms with van der Waals surface area (Å²) in [7, 11) is 3.10. The zero-order valence-corrected chi connectivity index (χ0v) is 16.6. The predicted molar refractivity (Wildman–Crippen MR) is 105 cm³/mol. The number of carbonyl (C=O) groups is 1. The van der Waals surface area contributed by atoms with Gasteiger partial charge in [-0.1, -0.05) is 11.6 Å². The van der Waals surface area contributed by atoms with Crippen molar-refractivity contribution in [2.45, 2.75) is 36.9 Å². The molecule has 1 heterocycles. The molecule has 0 radical (unpaired) electrons. The van der Waals surface area contributed by atoms with Gasteiger partial charge in [-0.2, -0.15) is 0 Å². The van der Waals surface area contributed by atoms with Crippen molar-refractivity contribution in [3.63, 3.8) is 0 Å². The Hall–Kier alpha value is -1.34. The van der Waals surface area contributed by atoms with Gasteiger partial charge in [0.2, 0.25) is 5.91 Å². The second-order valence-corrected chi connectivity index (χ2v) is 7.65. The summed E-state index contributed by atoms with van der Waals surface area (Å²) in [5, 5.41) is 4.56. The first kappa shape index (κ1) is 19.4. The lowest BCUT2D eigenvalue weighted by Gasteiger charge is -2.20. The number of hydrogen-bond acceptors (Lipinski definition) is 5. The molecule has 1 aromatic carbocycles. The number of thioether (sulfide) groups is 1. The van der Waals surface area contributed by atoms with Crippen molar-refractivity contribution in [2.75, 3.05) is 26.5 Å².